The van der Waals surface area contributed by atoms with Gasteiger partial charge in [-0.3, -0.25) is 4.79 Å². The highest BCUT2D eigenvalue weighted by Gasteiger charge is 1.98. The SMILES string of the molecule is COCCNC(=O)CNCCCCOCCOC. The van der Waals surface area contributed by atoms with Gasteiger partial charge in [-0.25, -0.2) is 0 Å². The zero-order chi connectivity index (χ0) is 13.5. The van der Waals surface area contributed by atoms with Crippen LogP contribution < -0.4 is 10.6 Å². The number of hydrogen-bond donors (Lipinski definition) is 2. The van der Waals surface area contributed by atoms with Gasteiger partial charge in [0.15, 0.2) is 0 Å². The second kappa shape index (κ2) is 14.4. The summed E-state index contributed by atoms with van der Waals surface area (Å²) in [6.07, 6.45) is 1.99. The van der Waals surface area contributed by atoms with Crippen LogP contribution >= 0.6 is 0 Å². The highest BCUT2D eigenvalue weighted by atomic mass is 16.5. The molecule has 6 nitrogen and oxygen atoms in total. The first-order valence-electron chi connectivity index (χ1n) is 6.34. The summed E-state index contributed by atoms with van der Waals surface area (Å²) in [5, 5.41) is 5.82. The number of unbranched alkanes of at least 4 members (excludes halogenated alkanes) is 1. The third-order valence-corrected chi connectivity index (χ3v) is 2.24. The van der Waals surface area contributed by atoms with Gasteiger partial charge < -0.3 is 24.8 Å². The minimum atomic E-state index is 0.00314. The highest BCUT2D eigenvalue weighted by Crippen LogP contribution is 1.88. The van der Waals surface area contributed by atoms with Crippen LogP contribution in [0.25, 0.3) is 0 Å². The number of ether oxygens (including phenoxy) is 3. The zero-order valence-corrected chi connectivity index (χ0v) is 11.5. The molecule has 0 heterocycles. The molecule has 0 aromatic rings. The molecule has 18 heavy (non-hydrogen) atoms. The summed E-state index contributed by atoms with van der Waals surface area (Å²) in [6, 6.07) is 0. The average molecular weight is 262 g/mol. The van der Waals surface area contributed by atoms with Crippen molar-refractivity contribution in [2.75, 3.05) is 60.3 Å². The number of carbonyl (C=O) groups excluding carboxylic acids is 1. The van der Waals surface area contributed by atoms with Gasteiger partial charge in [-0.15, -0.1) is 0 Å². The van der Waals surface area contributed by atoms with E-state index < -0.39 is 0 Å². The minimum absolute atomic E-state index is 0.00314. The summed E-state index contributed by atoms with van der Waals surface area (Å²) in [7, 11) is 3.27. The Bertz CT molecular complexity index is 191. The number of nitrogens with one attached hydrogen (secondary N) is 2. The molecule has 0 bridgehead atoms. The Morgan fingerprint density at radius 3 is 2.44 bits per heavy atom. The van der Waals surface area contributed by atoms with Gasteiger partial charge >= 0.3 is 0 Å². The Labute approximate surface area is 109 Å². The van der Waals surface area contributed by atoms with Crippen molar-refractivity contribution in [1.82, 2.24) is 10.6 Å². The molecule has 6 heteroatoms. The molecule has 0 fully saturated rings. The lowest BCUT2D eigenvalue weighted by Gasteiger charge is -2.06. The zero-order valence-electron chi connectivity index (χ0n) is 11.5. The molecule has 0 spiro atoms. The molecule has 0 rings (SSSR count). The van der Waals surface area contributed by atoms with Crippen molar-refractivity contribution in [2.24, 2.45) is 0 Å². The molecule has 0 aliphatic heterocycles. The third kappa shape index (κ3) is 13.4. The maximum absolute atomic E-state index is 11.3. The summed E-state index contributed by atoms with van der Waals surface area (Å²) in [5.74, 6) is 0.00314. The Hall–Kier alpha value is -0.690. The highest BCUT2D eigenvalue weighted by molar-refractivity contribution is 5.77. The molecule has 0 aliphatic carbocycles. The molecule has 108 valence electrons. The molecule has 0 atom stereocenters. The van der Waals surface area contributed by atoms with Crippen molar-refractivity contribution < 1.29 is 19.0 Å². The van der Waals surface area contributed by atoms with Crippen LogP contribution in [0.4, 0.5) is 0 Å². The fraction of sp³-hybridized carbons (Fsp3) is 0.917. The van der Waals surface area contributed by atoms with Gasteiger partial charge in [0, 0.05) is 27.4 Å². The van der Waals surface area contributed by atoms with Gasteiger partial charge in [0.05, 0.1) is 26.4 Å². The van der Waals surface area contributed by atoms with Crippen LogP contribution in [0.5, 0.6) is 0 Å². The first-order chi connectivity index (χ1) is 8.81. The fourth-order valence-electron chi connectivity index (χ4n) is 1.26. The second-order valence-corrected chi connectivity index (χ2v) is 3.83. The molecule has 0 aromatic heterocycles. The predicted octanol–water partition coefficient (Wildman–Crippen LogP) is -0.218. The van der Waals surface area contributed by atoms with E-state index in [-0.39, 0.29) is 5.91 Å². The van der Waals surface area contributed by atoms with Crippen LogP contribution in [0.2, 0.25) is 0 Å². The van der Waals surface area contributed by atoms with Crippen LogP contribution in [0.3, 0.4) is 0 Å². The minimum Gasteiger partial charge on any atom is -0.383 e. The molecule has 0 aromatic carbocycles. The topological polar surface area (TPSA) is 68.8 Å². The second-order valence-electron chi connectivity index (χ2n) is 3.83. The lowest BCUT2D eigenvalue weighted by atomic mass is 10.3. The number of carbonyl (C=O) groups is 1. The Kier molecular flexibility index (Phi) is 13.8. The summed E-state index contributed by atoms with van der Waals surface area (Å²) >= 11 is 0. The van der Waals surface area contributed by atoms with Crippen molar-refractivity contribution in [1.29, 1.82) is 0 Å². The summed E-state index contributed by atoms with van der Waals surface area (Å²) in [5.41, 5.74) is 0. The Morgan fingerprint density at radius 2 is 1.72 bits per heavy atom. The monoisotopic (exact) mass is 262 g/mol. The van der Waals surface area contributed by atoms with E-state index in [9.17, 15) is 4.79 Å². The van der Waals surface area contributed by atoms with E-state index >= 15 is 0 Å². The van der Waals surface area contributed by atoms with Crippen molar-refractivity contribution in [2.45, 2.75) is 12.8 Å². The standard InChI is InChI=1S/C12H26N2O4/c1-16-8-6-14-12(15)11-13-5-3-4-7-18-10-9-17-2/h13H,3-11H2,1-2H3,(H,14,15). The van der Waals surface area contributed by atoms with Crippen LogP contribution in [-0.2, 0) is 19.0 Å². The lowest BCUT2D eigenvalue weighted by molar-refractivity contribution is -0.120. The maximum atomic E-state index is 11.3. The van der Waals surface area contributed by atoms with Crippen LogP contribution in [-0.4, -0.2) is 66.2 Å². The van der Waals surface area contributed by atoms with Gasteiger partial charge in [0.2, 0.25) is 5.91 Å². The molecule has 0 aliphatic rings. The largest absolute Gasteiger partial charge is 0.383 e. The lowest BCUT2D eigenvalue weighted by Crippen LogP contribution is -2.35. The number of rotatable bonds is 13. The van der Waals surface area contributed by atoms with E-state index in [2.05, 4.69) is 10.6 Å². The quantitative estimate of drug-likeness (QED) is 0.449. The van der Waals surface area contributed by atoms with Gasteiger partial charge in [0.25, 0.3) is 0 Å². The van der Waals surface area contributed by atoms with Crippen molar-refractivity contribution in [3.63, 3.8) is 0 Å². The molecule has 1 amide bonds. The first kappa shape index (κ1) is 17.3. The van der Waals surface area contributed by atoms with Gasteiger partial charge in [-0.2, -0.15) is 0 Å². The maximum Gasteiger partial charge on any atom is 0.234 e. The normalized spacial score (nSPS) is 10.6. The molecule has 0 unspecified atom stereocenters. The van der Waals surface area contributed by atoms with E-state index in [0.29, 0.717) is 32.9 Å². The predicted molar refractivity (Wildman–Crippen MR) is 69.7 cm³/mol. The third-order valence-electron chi connectivity index (χ3n) is 2.24. The van der Waals surface area contributed by atoms with E-state index in [1.807, 2.05) is 0 Å². The molecule has 2 N–H and O–H groups in total. The molecule has 0 saturated heterocycles. The van der Waals surface area contributed by atoms with Gasteiger partial charge in [-0.05, 0) is 19.4 Å². The van der Waals surface area contributed by atoms with Crippen LogP contribution in [0.15, 0.2) is 0 Å². The van der Waals surface area contributed by atoms with Crippen molar-refractivity contribution in [3.8, 4) is 0 Å². The van der Waals surface area contributed by atoms with E-state index in [1.54, 1.807) is 14.2 Å². The summed E-state index contributed by atoms with van der Waals surface area (Å²) in [4.78, 5) is 11.3. The summed E-state index contributed by atoms with van der Waals surface area (Å²) < 4.78 is 15.0. The number of hydrogen-bond acceptors (Lipinski definition) is 5. The van der Waals surface area contributed by atoms with Crippen LogP contribution in [0, 0.1) is 0 Å². The molecule has 0 radical (unpaired) electrons. The van der Waals surface area contributed by atoms with Gasteiger partial charge in [-0.1, -0.05) is 0 Å². The van der Waals surface area contributed by atoms with Gasteiger partial charge in [0.1, 0.15) is 0 Å². The number of methoxy groups -OCH3 is 2. The smallest absolute Gasteiger partial charge is 0.234 e. The Morgan fingerprint density at radius 1 is 0.944 bits per heavy atom. The molecular weight excluding hydrogens is 236 g/mol. The van der Waals surface area contributed by atoms with E-state index in [0.717, 1.165) is 26.0 Å². The number of amides is 1. The Balaban J connectivity index is 3.08. The molecular formula is C12H26N2O4. The molecule has 0 saturated carbocycles. The van der Waals surface area contributed by atoms with E-state index in [4.69, 9.17) is 14.2 Å². The van der Waals surface area contributed by atoms with Crippen molar-refractivity contribution in [3.05, 3.63) is 0 Å². The van der Waals surface area contributed by atoms with Crippen molar-refractivity contribution >= 4 is 5.91 Å². The van der Waals surface area contributed by atoms with E-state index in [1.165, 1.54) is 0 Å². The van der Waals surface area contributed by atoms with Crippen LogP contribution in [0.1, 0.15) is 12.8 Å². The summed E-state index contributed by atoms with van der Waals surface area (Å²) in [6.45, 7) is 4.31. The average Bonchev–Trinajstić information content (AvgIpc) is 2.37. The fourth-order valence-corrected chi connectivity index (χ4v) is 1.26. The first-order valence-corrected chi connectivity index (χ1v) is 6.34.